The summed E-state index contributed by atoms with van der Waals surface area (Å²) < 4.78 is 45.1. The molecule has 0 aliphatic carbocycles. The Morgan fingerprint density at radius 2 is 2.00 bits per heavy atom. The number of aryl methyl sites for hydroxylation is 1. The molecule has 0 bridgehead atoms. The Labute approximate surface area is 136 Å². The second-order valence-corrected chi connectivity index (χ2v) is 5.67. The number of nitro groups is 1. The van der Waals surface area contributed by atoms with Crippen LogP contribution in [0.15, 0.2) is 33.3 Å². The highest BCUT2D eigenvalue weighted by atomic mass is 79.9. The van der Waals surface area contributed by atoms with E-state index in [1.165, 1.54) is 25.1 Å². The van der Waals surface area contributed by atoms with Crippen molar-refractivity contribution in [2.24, 2.45) is 0 Å². The Hall–Kier alpha value is -1.94. The average molecular weight is 395 g/mol. The maximum absolute atomic E-state index is 13.5. The van der Waals surface area contributed by atoms with Crippen molar-refractivity contribution in [1.82, 2.24) is 5.16 Å². The highest BCUT2D eigenvalue weighted by molar-refractivity contribution is 9.10. The minimum atomic E-state index is -5.09. The lowest BCUT2D eigenvalue weighted by molar-refractivity contribution is -0.387. The molecule has 1 aromatic heterocycles. The van der Waals surface area contributed by atoms with Crippen LogP contribution in [0.5, 0.6) is 0 Å². The van der Waals surface area contributed by atoms with Crippen LogP contribution >= 0.6 is 15.9 Å². The lowest BCUT2D eigenvalue weighted by atomic mass is 9.88. The molecule has 6 nitrogen and oxygen atoms in total. The normalized spacial score (nSPS) is 14.5. The Balaban J connectivity index is 2.59. The Morgan fingerprint density at radius 3 is 2.52 bits per heavy atom. The average Bonchev–Trinajstić information content (AvgIpc) is 2.78. The van der Waals surface area contributed by atoms with Crippen LogP contribution in [-0.4, -0.2) is 21.4 Å². The van der Waals surface area contributed by atoms with Gasteiger partial charge in [-0.3, -0.25) is 10.1 Å². The van der Waals surface area contributed by atoms with Crippen molar-refractivity contribution in [3.8, 4) is 0 Å². The summed E-state index contributed by atoms with van der Waals surface area (Å²) in [5.74, 6) is -0.650. The van der Waals surface area contributed by atoms with E-state index in [2.05, 4.69) is 25.6 Å². The van der Waals surface area contributed by atoms with Gasteiger partial charge in [-0.2, -0.15) is 13.2 Å². The van der Waals surface area contributed by atoms with Crippen LogP contribution in [0.2, 0.25) is 0 Å². The first-order chi connectivity index (χ1) is 10.6. The number of hydrogen-bond donors (Lipinski definition) is 1. The number of halogens is 4. The van der Waals surface area contributed by atoms with E-state index < -0.39 is 40.1 Å². The van der Waals surface area contributed by atoms with Gasteiger partial charge in [0.15, 0.2) is 11.3 Å². The molecule has 0 amide bonds. The molecular weight excluding hydrogens is 385 g/mol. The van der Waals surface area contributed by atoms with E-state index in [0.29, 0.717) is 0 Å². The van der Waals surface area contributed by atoms with Crippen molar-refractivity contribution >= 4 is 21.6 Å². The number of aromatic nitrogens is 1. The molecule has 124 valence electrons. The van der Waals surface area contributed by atoms with Gasteiger partial charge >= 0.3 is 11.9 Å². The molecule has 0 spiro atoms. The summed E-state index contributed by atoms with van der Waals surface area (Å²) in [6.07, 6.45) is -6.26. The Morgan fingerprint density at radius 1 is 1.39 bits per heavy atom. The molecular formula is C13H10BrF3N2O4. The predicted molar refractivity (Wildman–Crippen MR) is 75.7 cm³/mol. The molecule has 1 atom stereocenters. The minimum Gasteiger partial charge on any atom is -0.376 e. The third kappa shape index (κ3) is 3.08. The topological polar surface area (TPSA) is 89.4 Å². The summed E-state index contributed by atoms with van der Waals surface area (Å²) in [6.45, 7) is 1.23. The van der Waals surface area contributed by atoms with Crippen molar-refractivity contribution in [1.29, 1.82) is 0 Å². The number of rotatable bonds is 4. The molecule has 0 saturated heterocycles. The fraction of sp³-hybridized carbons (Fsp3) is 0.308. The molecule has 0 saturated carbocycles. The standard InChI is InChI=1S/C13H10BrF3N2O4/c1-7-11(19(21)22)10(23-18-7)6-12(20,13(15,16)17)8-4-2-3-5-9(8)14/h2-5,20H,6H2,1H3/t12-/m1/s1. The van der Waals surface area contributed by atoms with E-state index in [9.17, 15) is 28.4 Å². The summed E-state index contributed by atoms with van der Waals surface area (Å²) in [5, 5.41) is 24.6. The van der Waals surface area contributed by atoms with E-state index in [0.717, 1.165) is 6.07 Å². The zero-order valence-electron chi connectivity index (χ0n) is 11.6. The van der Waals surface area contributed by atoms with Gasteiger partial charge in [-0.1, -0.05) is 39.3 Å². The number of nitrogens with zero attached hydrogens (tertiary/aromatic N) is 2. The molecule has 1 N–H and O–H groups in total. The monoisotopic (exact) mass is 394 g/mol. The van der Waals surface area contributed by atoms with Crippen molar-refractivity contribution in [2.75, 3.05) is 0 Å². The largest absolute Gasteiger partial charge is 0.421 e. The number of hydrogen-bond acceptors (Lipinski definition) is 5. The van der Waals surface area contributed by atoms with Crippen molar-refractivity contribution < 1.29 is 27.7 Å². The maximum Gasteiger partial charge on any atom is 0.421 e. The van der Waals surface area contributed by atoms with E-state index in [-0.39, 0.29) is 10.2 Å². The number of benzene rings is 1. The van der Waals surface area contributed by atoms with E-state index in [1.807, 2.05) is 0 Å². The van der Waals surface area contributed by atoms with Gasteiger partial charge < -0.3 is 9.63 Å². The molecule has 1 aromatic carbocycles. The second-order valence-electron chi connectivity index (χ2n) is 4.81. The SMILES string of the molecule is Cc1noc(C[C@@](O)(c2ccccc2Br)C(F)(F)F)c1[N+](=O)[O-]. The first kappa shape index (κ1) is 17.4. The maximum atomic E-state index is 13.5. The zero-order chi connectivity index (χ0) is 17.4. The van der Waals surface area contributed by atoms with Gasteiger partial charge in [0.1, 0.15) is 0 Å². The number of alkyl halides is 3. The molecule has 10 heteroatoms. The van der Waals surface area contributed by atoms with Gasteiger partial charge in [0.2, 0.25) is 5.76 Å². The minimum absolute atomic E-state index is 0.0127. The second kappa shape index (κ2) is 5.93. The van der Waals surface area contributed by atoms with Gasteiger partial charge in [0.25, 0.3) is 0 Å². The molecule has 2 rings (SSSR count). The summed E-state index contributed by atoms with van der Waals surface area (Å²) in [5.41, 5.74) is -4.69. The quantitative estimate of drug-likeness (QED) is 0.631. The highest BCUT2D eigenvalue weighted by Gasteiger charge is 2.57. The van der Waals surface area contributed by atoms with Crippen LogP contribution in [-0.2, 0) is 12.0 Å². The van der Waals surface area contributed by atoms with Crippen LogP contribution in [0.1, 0.15) is 17.0 Å². The Bertz CT molecular complexity index is 747. The molecule has 0 fully saturated rings. The summed E-state index contributed by atoms with van der Waals surface area (Å²) in [4.78, 5) is 10.1. The molecule has 23 heavy (non-hydrogen) atoms. The summed E-state index contributed by atoms with van der Waals surface area (Å²) >= 11 is 2.95. The van der Waals surface area contributed by atoms with Crippen LogP contribution < -0.4 is 0 Å². The van der Waals surface area contributed by atoms with Crippen LogP contribution in [0, 0.1) is 17.0 Å². The lowest BCUT2D eigenvalue weighted by Crippen LogP contribution is -2.44. The third-order valence-electron chi connectivity index (χ3n) is 3.29. The first-order valence-electron chi connectivity index (χ1n) is 6.21. The molecule has 0 radical (unpaired) electrons. The summed E-state index contributed by atoms with van der Waals surface area (Å²) in [6, 6.07) is 5.20. The van der Waals surface area contributed by atoms with Gasteiger partial charge in [-0.25, -0.2) is 0 Å². The van der Waals surface area contributed by atoms with Gasteiger partial charge in [-0.05, 0) is 13.0 Å². The molecule has 0 aliphatic heterocycles. The van der Waals surface area contributed by atoms with E-state index >= 15 is 0 Å². The van der Waals surface area contributed by atoms with Gasteiger partial charge in [0.05, 0.1) is 11.3 Å². The van der Waals surface area contributed by atoms with Crippen LogP contribution in [0.4, 0.5) is 18.9 Å². The zero-order valence-corrected chi connectivity index (χ0v) is 13.2. The van der Waals surface area contributed by atoms with E-state index in [1.54, 1.807) is 0 Å². The van der Waals surface area contributed by atoms with Gasteiger partial charge in [0, 0.05) is 10.0 Å². The van der Waals surface area contributed by atoms with Crippen LogP contribution in [0.3, 0.4) is 0 Å². The van der Waals surface area contributed by atoms with Crippen molar-refractivity contribution in [3.05, 3.63) is 55.9 Å². The fourth-order valence-corrected chi connectivity index (χ4v) is 2.75. The lowest BCUT2D eigenvalue weighted by Gasteiger charge is -2.30. The summed E-state index contributed by atoms with van der Waals surface area (Å²) in [7, 11) is 0. The van der Waals surface area contributed by atoms with Crippen molar-refractivity contribution in [3.63, 3.8) is 0 Å². The molecule has 1 heterocycles. The van der Waals surface area contributed by atoms with Crippen molar-refractivity contribution in [2.45, 2.75) is 25.1 Å². The molecule has 2 aromatic rings. The predicted octanol–water partition coefficient (Wildman–Crippen LogP) is 3.65. The number of aliphatic hydroxyl groups is 1. The van der Waals surface area contributed by atoms with E-state index in [4.69, 9.17) is 0 Å². The Kier molecular flexibility index (Phi) is 4.49. The highest BCUT2D eigenvalue weighted by Crippen LogP contribution is 2.45. The third-order valence-corrected chi connectivity index (χ3v) is 3.98. The molecule has 0 unspecified atom stereocenters. The van der Waals surface area contributed by atoms with Crippen LogP contribution in [0.25, 0.3) is 0 Å². The molecule has 0 aliphatic rings. The smallest absolute Gasteiger partial charge is 0.376 e. The fourth-order valence-electron chi connectivity index (χ4n) is 2.14. The first-order valence-corrected chi connectivity index (χ1v) is 7.01. The van der Waals surface area contributed by atoms with Gasteiger partial charge in [-0.15, -0.1) is 0 Å².